The van der Waals surface area contributed by atoms with E-state index < -0.39 is 6.04 Å². The van der Waals surface area contributed by atoms with E-state index in [1.807, 2.05) is 51.1 Å². The third-order valence-corrected chi connectivity index (χ3v) is 3.07. The lowest BCUT2D eigenvalue weighted by molar-refractivity contribution is -0.118. The van der Waals surface area contributed by atoms with Crippen molar-refractivity contribution in [2.24, 2.45) is 0 Å². The molecule has 108 valence electrons. The lowest BCUT2D eigenvalue weighted by Crippen LogP contribution is -2.51. The van der Waals surface area contributed by atoms with Gasteiger partial charge in [-0.3, -0.25) is 4.79 Å². The van der Waals surface area contributed by atoms with Gasteiger partial charge in [0.15, 0.2) is 0 Å². The minimum atomic E-state index is -0.447. The molecule has 1 aliphatic rings. The average Bonchev–Trinajstić information content (AvgIpc) is 2.70. The first-order valence-electron chi connectivity index (χ1n) is 6.82. The van der Waals surface area contributed by atoms with Crippen molar-refractivity contribution in [2.75, 3.05) is 11.4 Å². The van der Waals surface area contributed by atoms with Crippen LogP contribution in [0.1, 0.15) is 27.2 Å². The van der Waals surface area contributed by atoms with E-state index in [-0.39, 0.29) is 17.5 Å². The van der Waals surface area contributed by atoms with Crippen molar-refractivity contribution < 1.29 is 9.59 Å². The highest BCUT2D eigenvalue weighted by Crippen LogP contribution is 2.20. The van der Waals surface area contributed by atoms with Crippen molar-refractivity contribution in [3.63, 3.8) is 0 Å². The molecule has 5 nitrogen and oxygen atoms in total. The molecule has 1 aromatic rings. The quantitative estimate of drug-likeness (QED) is 0.866. The smallest absolute Gasteiger partial charge is 0.315 e. The Morgan fingerprint density at radius 3 is 2.50 bits per heavy atom. The third kappa shape index (κ3) is 3.50. The molecule has 20 heavy (non-hydrogen) atoms. The molecule has 1 aromatic carbocycles. The van der Waals surface area contributed by atoms with Gasteiger partial charge in [-0.15, -0.1) is 0 Å². The first kappa shape index (κ1) is 14.4. The predicted octanol–water partition coefficient (Wildman–Crippen LogP) is 1.89. The molecular weight excluding hydrogens is 254 g/mol. The van der Waals surface area contributed by atoms with Crippen LogP contribution in [0.2, 0.25) is 0 Å². The lowest BCUT2D eigenvalue weighted by Gasteiger charge is -2.22. The van der Waals surface area contributed by atoms with E-state index in [1.54, 1.807) is 4.90 Å². The van der Waals surface area contributed by atoms with Crippen molar-refractivity contribution in [1.82, 2.24) is 10.6 Å². The maximum absolute atomic E-state index is 12.3. The second-order valence-electron chi connectivity index (χ2n) is 6.02. The Balaban J connectivity index is 1.97. The molecule has 0 radical (unpaired) electrons. The topological polar surface area (TPSA) is 61.4 Å². The third-order valence-electron chi connectivity index (χ3n) is 3.07. The Kier molecular flexibility index (Phi) is 3.97. The van der Waals surface area contributed by atoms with Crippen molar-refractivity contribution in [1.29, 1.82) is 0 Å². The van der Waals surface area contributed by atoms with Crippen molar-refractivity contribution >= 4 is 17.6 Å². The van der Waals surface area contributed by atoms with Gasteiger partial charge in [0, 0.05) is 17.8 Å². The summed E-state index contributed by atoms with van der Waals surface area (Å²) in [6, 6.07) is 8.76. The van der Waals surface area contributed by atoms with Gasteiger partial charge in [0.2, 0.25) is 5.91 Å². The fraction of sp³-hybridized carbons (Fsp3) is 0.467. The number of benzene rings is 1. The maximum Gasteiger partial charge on any atom is 0.315 e. The Bertz CT molecular complexity index is 494. The molecule has 1 heterocycles. The molecular formula is C15H21N3O2. The Morgan fingerprint density at radius 2 is 1.90 bits per heavy atom. The predicted molar refractivity (Wildman–Crippen MR) is 78.6 cm³/mol. The zero-order chi connectivity index (χ0) is 14.8. The zero-order valence-corrected chi connectivity index (χ0v) is 12.1. The molecule has 1 aliphatic heterocycles. The van der Waals surface area contributed by atoms with Crippen LogP contribution in [-0.4, -0.2) is 30.1 Å². The van der Waals surface area contributed by atoms with E-state index in [2.05, 4.69) is 10.6 Å². The number of para-hydroxylation sites is 1. The summed E-state index contributed by atoms with van der Waals surface area (Å²) in [4.78, 5) is 25.8. The first-order valence-corrected chi connectivity index (χ1v) is 6.82. The van der Waals surface area contributed by atoms with E-state index in [1.165, 1.54) is 0 Å². The molecule has 2 N–H and O–H groups in total. The molecule has 3 amide bonds. The largest absolute Gasteiger partial charge is 0.334 e. The SMILES string of the molecule is CC(C)(C)NC(=O)N[C@@H]1CCN(c2ccccc2)C1=O. The van der Waals surface area contributed by atoms with E-state index in [0.717, 1.165) is 5.69 Å². The number of hydrogen-bond acceptors (Lipinski definition) is 2. The fourth-order valence-corrected chi connectivity index (χ4v) is 2.21. The van der Waals surface area contributed by atoms with Gasteiger partial charge >= 0.3 is 6.03 Å². The fourth-order valence-electron chi connectivity index (χ4n) is 2.21. The number of rotatable bonds is 2. The van der Waals surface area contributed by atoms with Gasteiger partial charge in [-0.2, -0.15) is 0 Å². The number of amides is 3. The van der Waals surface area contributed by atoms with Gasteiger partial charge in [-0.1, -0.05) is 18.2 Å². The number of carbonyl (C=O) groups is 2. The van der Waals surface area contributed by atoms with Crippen molar-refractivity contribution in [2.45, 2.75) is 38.8 Å². The highest BCUT2D eigenvalue weighted by Gasteiger charge is 2.33. The summed E-state index contributed by atoms with van der Waals surface area (Å²) in [6.45, 7) is 6.33. The first-order chi connectivity index (χ1) is 9.37. The summed E-state index contributed by atoms with van der Waals surface area (Å²) < 4.78 is 0. The van der Waals surface area contributed by atoms with E-state index in [9.17, 15) is 9.59 Å². The van der Waals surface area contributed by atoms with Gasteiger partial charge in [-0.05, 0) is 39.3 Å². The van der Waals surface area contributed by atoms with E-state index in [4.69, 9.17) is 0 Å². The Hall–Kier alpha value is -2.04. The summed E-state index contributed by atoms with van der Waals surface area (Å²) in [5, 5.41) is 5.54. The molecule has 1 fully saturated rings. The highest BCUT2D eigenvalue weighted by molar-refractivity contribution is 6.01. The standard InChI is InChI=1S/C15H21N3O2/c1-15(2,3)17-14(20)16-12-9-10-18(13(12)19)11-7-5-4-6-8-11/h4-8,12H,9-10H2,1-3H3,(H2,16,17,20)/t12-/m1/s1. The molecule has 0 saturated carbocycles. The normalized spacial score (nSPS) is 19.1. The van der Waals surface area contributed by atoms with Crippen molar-refractivity contribution in [3.05, 3.63) is 30.3 Å². The van der Waals surface area contributed by atoms with Gasteiger partial charge in [-0.25, -0.2) is 4.79 Å². The molecule has 0 aliphatic carbocycles. The summed E-state index contributed by atoms with van der Waals surface area (Å²) in [7, 11) is 0. The van der Waals surface area contributed by atoms with E-state index in [0.29, 0.717) is 13.0 Å². The van der Waals surface area contributed by atoms with Crippen LogP contribution in [0.3, 0.4) is 0 Å². The number of nitrogens with zero attached hydrogens (tertiary/aromatic N) is 1. The summed E-state index contributed by atoms with van der Waals surface area (Å²) in [6.07, 6.45) is 0.630. The molecule has 0 bridgehead atoms. The van der Waals surface area contributed by atoms with Gasteiger partial charge in [0.25, 0.3) is 0 Å². The van der Waals surface area contributed by atoms with Gasteiger partial charge in [0.05, 0.1) is 0 Å². The second-order valence-corrected chi connectivity index (χ2v) is 6.02. The molecule has 1 saturated heterocycles. The summed E-state index contributed by atoms with van der Waals surface area (Å²) >= 11 is 0. The number of hydrogen-bond donors (Lipinski definition) is 2. The van der Waals surface area contributed by atoms with Crippen LogP contribution >= 0.6 is 0 Å². The average molecular weight is 275 g/mol. The van der Waals surface area contributed by atoms with Crippen LogP contribution in [0.15, 0.2) is 30.3 Å². The molecule has 5 heteroatoms. The second kappa shape index (κ2) is 5.53. The summed E-state index contributed by atoms with van der Waals surface area (Å²) in [5.74, 6) is -0.0553. The Labute approximate surface area is 119 Å². The highest BCUT2D eigenvalue weighted by atomic mass is 16.2. The molecule has 0 aromatic heterocycles. The van der Waals surface area contributed by atoms with Crippen LogP contribution in [-0.2, 0) is 4.79 Å². The van der Waals surface area contributed by atoms with Crippen LogP contribution < -0.4 is 15.5 Å². The van der Waals surface area contributed by atoms with Crippen LogP contribution in [0.25, 0.3) is 0 Å². The molecule has 1 atom stereocenters. The van der Waals surface area contributed by atoms with Crippen LogP contribution in [0.5, 0.6) is 0 Å². The number of urea groups is 1. The lowest BCUT2D eigenvalue weighted by atomic mass is 10.1. The minimum Gasteiger partial charge on any atom is -0.334 e. The van der Waals surface area contributed by atoms with Gasteiger partial charge in [0.1, 0.15) is 6.04 Å². The Morgan fingerprint density at radius 1 is 1.25 bits per heavy atom. The van der Waals surface area contributed by atoms with Crippen LogP contribution in [0.4, 0.5) is 10.5 Å². The van der Waals surface area contributed by atoms with Gasteiger partial charge < -0.3 is 15.5 Å². The van der Waals surface area contributed by atoms with E-state index >= 15 is 0 Å². The monoisotopic (exact) mass is 275 g/mol. The maximum atomic E-state index is 12.3. The number of nitrogens with one attached hydrogen (secondary N) is 2. The number of anilines is 1. The summed E-state index contributed by atoms with van der Waals surface area (Å²) in [5.41, 5.74) is 0.559. The van der Waals surface area contributed by atoms with Crippen LogP contribution in [0, 0.1) is 0 Å². The molecule has 0 unspecified atom stereocenters. The van der Waals surface area contributed by atoms with Crippen molar-refractivity contribution in [3.8, 4) is 0 Å². The number of carbonyl (C=O) groups excluding carboxylic acids is 2. The minimum absolute atomic E-state index is 0.0553. The molecule has 0 spiro atoms. The molecule has 2 rings (SSSR count). The zero-order valence-electron chi connectivity index (χ0n) is 12.1.